The highest BCUT2D eigenvalue weighted by Gasteiger charge is 2.28. The number of hydrogen-bond acceptors (Lipinski definition) is 6. The highest BCUT2D eigenvalue weighted by molar-refractivity contribution is 5.93. The predicted octanol–water partition coefficient (Wildman–Crippen LogP) is -0.726. The third-order valence-electron chi connectivity index (χ3n) is 5.47. The number of hydrogen-bond donors (Lipinski definition) is 7. The van der Waals surface area contributed by atoms with E-state index in [9.17, 15) is 19.5 Å². The van der Waals surface area contributed by atoms with E-state index < -0.39 is 29.9 Å². The fraction of sp³-hybridized carbons (Fsp3) is 0.360. The van der Waals surface area contributed by atoms with Crippen molar-refractivity contribution in [2.24, 2.45) is 22.2 Å². The molecule has 3 atom stereocenters. The Bertz CT molecular complexity index is 1020. The molecule has 2 aromatic carbocycles. The van der Waals surface area contributed by atoms with Crippen molar-refractivity contribution in [3.63, 3.8) is 0 Å². The molecule has 11 nitrogen and oxygen atoms in total. The van der Waals surface area contributed by atoms with Crippen molar-refractivity contribution in [2.45, 2.75) is 43.8 Å². The average molecular weight is 498 g/mol. The summed E-state index contributed by atoms with van der Waals surface area (Å²) >= 11 is 0. The largest absolute Gasteiger partial charge is 0.508 e. The first-order valence-electron chi connectivity index (χ1n) is 11.6. The Hall–Kier alpha value is -4.12. The van der Waals surface area contributed by atoms with Crippen molar-refractivity contribution in [2.75, 3.05) is 13.6 Å². The van der Waals surface area contributed by atoms with Crippen LogP contribution in [0.1, 0.15) is 24.0 Å². The van der Waals surface area contributed by atoms with Crippen LogP contribution in [0.4, 0.5) is 0 Å². The minimum Gasteiger partial charge on any atom is -0.508 e. The SMILES string of the molecule is CNC(=O)[C@H](Cc1ccccc1)NC(=O)[C@@H](CCCN=C(N)N)NC(=O)[C@@H](N)Cc1ccc(O)cc1. The van der Waals surface area contributed by atoms with Gasteiger partial charge in [-0.2, -0.15) is 0 Å². The Morgan fingerprint density at radius 3 is 2.08 bits per heavy atom. The van der Waals surface area contributed by atoms with Crippen molar-refractivity contribution >= 4 is 23.7 Å². The van der Waals surface area contributed by atoms with Crippen LogP contribution in [0, 0.1) is 0 Å². The molecule has 2 rings (SSSR count). The Balaban J connectivity index is 2.11. The summed E-state index contributed by atoms with van der Waals surface area (Å²) in [4.78, 5) is 42.4. The van der Waals surface area contributed by atoms with Gasteiger partial charge in [-0.15, -0.1) is 0 Å². The van der Waals surface area contributed by atoms with Gasteiger partial charge in [0, 0.05) is 20.0 Å². The molecule has 11 heteroatoms. The summed E-state index contributed by atoms with van der Waals surface area (Å²) in [6, 6.07) is 12.9. The fourth-order valence-electron chi connectivity index (χ4n) is 3.54. The molecule has 3 amide bonds. The molecule has 0 unspecified atom stereocenters. The van der Waals surface area contributed by atoms with Crippen molar-refractivity contribution in [1.29, 1.82) is 0 Å². The molecule has 10 N–H and O–H groups in total. The third kappa shape index (κ3) is 9.63. The zero-order valence-corrected chi connectivity index (χ0v) is 20.3. The van der Waals surface area contributed by atoms with Gasteiger partial charge in [-0.1, -0.05) is 42.5 Å². The predicted molar refractivity (Wildman–Crippen MR) is 138 cm³/mol. The van der Waals surface area contributed by atoms with E-state index in [1.54, 1.807) is 12.1 Å². The lowest BCUT2D eigenvalue weighted by atomic mass is 10.0. The minimum absolute atomic E-state index is 0.0708. The number of nitrogens with one attached hydrogen (secondary N) is 3. The Morgan fingerprint density at radius 2 is 1.47 bits per heavy atom. The first kappa shape index (κ1) is 28.1. The van der Waals surface area contributed by atoms with Gasteiger partial charge in [0.05, 0.1) is 6.04 Å². The van der Waals surface area contributed by atoms with Crippen molar-refractivity contribution < 1.29 is 19.5 Å². The molecule has 2 aromatic rings. The van der Waals surface area contributed by atoms with E-state index in [0.717, 1.165) is 11.1 Å². The number of nitrogens with zero attached hydrogens (tertiary/aromatic N) is 1. The summed E-state index contributed by atoms with van der Waals surface area (Å²) in [7, 11) is 1.49. The number of aromatic hydroxyl groups is 1. The van der Waals surface area contributed by atoms with Crippen LogP contribution in [0.5, 0.6) is 5.75 Å². The topological polar surface area (TPSA) is 198 Å². The lowest BCUT2D eigenvalue weighted by molar-refractivity contribution is -0.132. The molecule has 0 radical (unpaired) electrons. The number of rotatable bonds is 13. The van der Waals surface area contributed by atoms with E-state index in [4.69, 9.17) is 17.2 Å². The third-order valence-corrected chi connectivity index (χ3v) is 5.47. The molecule has 0 aliphatic rings. The van der Waals surface area contributed by atoms with Crippen LogP contribution >= 0.6 is 0 Å². The second kappa shape index (κ2) is 14.3. The number of phenols is 1. The first-order valence-corrected chi connectivity index (χ1v) is 11.6. The summed E-state index contributed by atoms with van der Waals surface area (Å²) in [5, 5.41) is 17.4. The molecule has 0 saturated carbocycles. The van der Waals surface area contributed by atoms with Gasteiger partial charge >= 0.3 is 0 Å². The number of likely N-dealkylation sites (N-methyl/N-ethyl adjacent to an activating group) is 1. The summed E-state index contributed by atoms with van der Waals surface area (Å²) in [5.74, 6) is -1.37. The van der Waals surface area contributed by atoms with Crippen LogP contribution in [-0.4, -0.2) is 60.5 Å². The van der Waals surface area contributed by atoms with E-state index in [-0.39, 0.29) is 43.4 Å². The second-order valence-corrected chi connectivity index (χ2v) is 8.35. The molecule has 0 spiro atoms. The Morgan fingerprint density at radius 1 is 0.861 bits per heavy atom. The maximum Gasteiger partial charge on any atom is 0.243 e. The van der Waals surface area contributed by atoms with E-state index in [0.29, 0.717) is 6.42 Å². The summed E-state index contributed by atoms with van der Waals surface area (Å²) in [6.07, 6.45) is 1.13. The normalized spacial score (nSPS) is 13.1. The zero-order valence-electron chi connectivity index (χ0n) is 20.3. The Labute approximate surface area is 210 Å². The lowest BCUT2D eigenvalue weighted by Gasteiger charge is -2.24. The van der Waals surface area contributed by atoms with Crippen molar-refractivity contribution in [1.82, 2.24) is 16.0 Å². The lowest BCUT2D eigenvalue weighted by Crippen LogP contribution is -2.56. The van der Waals surface area contributed by atoms with Gasteiger partial charge in [0.15, 0.2) is 5.96 Å². The highest BCUT2D eigenvalue weighted by Crippen LogP contribution is 2.11. The second-order valence-electron chi connectivity index (χ2n) is 8.35. The average Bonchev–Trinajstić information content (AvgIpc) is 2.86. The number of amides is 3. The standard InChI is InChI=1S/C25H35N7O4/c1-29-23(35)21(15-16-6-3-2-4-7-16)32-24(36)20(8-5-13-30-25(27)28)31-22(34)19(26)14-17-9-11-18(33)12-10-17/h2-4,6-7,9-12,19-21,33H,5,8,13-15,26H2,1H3,(H,29,35)(H,31,34)(H,32,36)(H4,27,28,30)/t19-,20+,21-/m0/s1. The van der Waals surface area contributed by atoms with E-state index >= 15 is 0 Å². The number of carbonyl (C=O) groups excluding carboxylic acids is 3. The molecule has 0 saturated heterocycles. The molecule has 0 aliphatic carbocycles. The van der Waals surface area contributed by atoms with E-state index in [1.165, 1.54) is 19.2 Å². The van der Waals surface area contributed by atoms with Gasteiger partial charge in [-0.05, 0) is 42.5 Å². The van der Waals surface area contributed by atoms with Crippen LogP contribution in [0.15, 0.2) is 59.6 Å². The first-order chi connectivity index (χ1) is 17.2. The van der Waals surface area contributed by atoms with Gasteiger partial charge in [-0.3, -0.25) is 19.4 Å². The van der Waals surface area contributed by atoms with Gasteiger partial charge in [-0.25, -0.2) is 0 Å². The van der Waals surface area contributed by atoms with Crippen LogP contribution in [-0.2, 0) is 27.2 Å². The quantitative estimate of drug-likeness (QED) is 0.107. The minimum atomic E-state index is -0.958. The molecule has 0 fully saturated rings. The molecule has 0 bridgehead atoms. The van der Waals surface area contributed by atoms with Crippen LogP contribution in [0.2, 0.25) is 0 Å². The van der Waals surface area contributed by atoms with Gasteiger partial charge in [0.2, 0.25) is 17.7 Å². The molecule has 36 heavy (non-hydrogen) atoms. The van der Waals surface area contributed by atoms with Gasteiger partial charge < -0.3 is 38.3 Å². The molecular weight excluding hydrogens is 462 g/mol. The van der Waals surface area contributed by atoms with Crippen molar-refractivity contribution in [3.05, 3.63) is 65.7 Å². The van der Waals surface area contributed by atoms with Gasteiger partial charge in [0.1, 0.15) is 17.8 Å². The monoisotopic (exact) mass is 497 g/mol. The maximum atomic E-state index is 13.2. The van der Waals surface area contributed by atoms with Crippen LogP contribution in [0.3, 0.4) is 0 Å². The summed E-state index contributed by atoms with van der Waals surface area (Å²) < 4.78 is 0. The van der Waals surface area contributed by atoms with E-state index in [1.807, 2.05) is 30.3 Å². The number of nitrogens with two attached hydrogens (primary N) is 3. The fourth-order valence-corrected chi connectivity index (χ4v) is 3.54. The number of carbonyl (C=O) groups is 3. The number of phenolic OH excluding ortho intramolecular Hbond substituents is 1. The molecule has 194 valence electrons. The smallest absolute Gasteiger partial charge is 0.243 e. The highest BCUT2D eigenvalue weighted by atomic mass is 16.3. The maximum absolute atomic E-state index is 13.2. The molecule has 0 aliphatic heterocycles. The summed E-state index contributed by atoms with van der Waals surface area (Å²) in [6.45, 7) is 0.268. The van der Waals surface area contributed by atoms with Crippen molar-refractivity contribution in [3.8, 4) is 5.75 Å². The van der Waals surface area contributed by atoms with Crippen LogP contribution < -0.4 is 33.2 Å². The molecule has 0 aromatic heterocycles. The molecule has 0 heterocycles. The van der Waals surface area contributed by atoms with E-state index in [2.05, 4.69) is 20.9 Å². The van der Waals surface area contributed by atoms with Gasteiger partial charge in [0.25, 0.3) is 0 Å². The number of guanidine groups is 1. The van der Waals surface area contributed by atoms with Crippen LogP contribution in [0.25, 0.3) is 0 Å². The Kier molecular flexibility index (Phi) is 11.2. The summed E-state index contributed by atoms with van der Waals surface area (Å²) in [5.41, 5.74) is 18.4. The number of benzene rings is 2. The molecular formula is C25H35N7O4. The zero-order chi connectivity index (χ0) is 26.5. The number of aliphatic imine (C=N–C) groups is 1.